The highest BCUT2D eigenvalue weighted by atomic mass is 32.1. The van der Waals surface area contributed by atoms with Crippen molar-refractivity contribution in [3.05, 3.63) is 107 Å². The smallest absolute Gasteiger partial charge is 0.228 e. The lowest BCUT2D eigenvalue weighted by Gasteiger charge is -2.28. The van der Waals surface area contributed by atoms with Crippen molar-refractivity contribution in [2.45, 2.75) is 27.2 Å². The summed E-state index contributed by atoms with van der Waals surface area (Å²) in [5.41, 5.74) is 10.6. The quantitative estimate of drug-likeness (QED) is 0.184. The maximum Gasteiger partial charge on any atom is 0.228 e. The molecule has 7 rings (SSSR count). The molecule has 1 saturated heterocycles. The highest BCUT2D eigenvalue weighted by Crippen LogP contribution is 2.35. The normalized spacial score (nSPS) is 13.2. The molecule has 0 atom stereocenters. The van der Waals surface area contributed by atoms with Crippen molar-refractivity contribution in [2.75, 3.05) is 41.8 Å². The molecule has 1 amide bonds. The van der Waals surface area contributed by atoms with E-state index in [1.54, 1.807) is 17.5 Å². The molecule has 1 fully saturated rings. The van der Waals surface area contributed by atoms with E-state index in [1.165, 1.54) is 11.3 Å². The van der Waals surface area contributed by atoms with E-state index in [1.807, 2.05) is 54.0 Å². The number of hydrogen-bond acceptors (Lipinski definition) is 8. The Hall–Kier alpha value is -5.06. The topological polar surface area (TPSA) is 96.7 Å². The first-order chi connectivity index (χ1) is 22.4. The fraction of sp³-hybridized carbons (Fsp3) is 0.222. The van der Waals surface area contributed by atoms with Crippen molar-refractivity contribution >= 4 is 45.2 Å². The van der Waals surface area contributed by atoms with Crippen LogP contribution in [-0.2, 0) is 16.0 Å². The van der Waals surface area contributed by atoms with Crippen molar-refractivity contribution < 1.29 is 9.53 Å². The van der Waals surface area contributed by atoms with Gasteiger partial charge < -0.3 is 20.3 Å². The van der Waals surface area contributed by atoms with Crippen LogP contribution < -0.4 is 15.5 Å². The number of hydrogen-bond donors (Lipinski definition) is 2. The number of fused-ring (bicyclic) bond motifs is 1. The molecule has 1 aliphatic heterocycles. The van der Waals surface area contributed by atoms with E-state index >= 15 is 0 Å². The molecule has 0 aliphatic carbocycles. The van der Waals surface area contributed by atoms with Crippen LogP contribution in [0.3, 0.4) is 0 Å². The van der Waals surface area contributed by atoms with Gasteiger partial charge in [-0.1, -0.05) is 29.8 Å². The summed E-state index contributed by atoms with van der Waals surface area (Å²) in [5, 5.41) is 8.47. The van der Waals surface area contributed by atoms with Crippen LogP contribution in [0, 0.1) is 20.8 Å². The van der Waals surface area contributed by atoms with Gasteiger partial charge in [-0.2, -0.15) is 0 Å². The number of imidazole rings is 1. The highest BCUT2D eigenvalue weighted by Gasteiger charge is 2.20. The van der Waals surface area contributed by atoms with Crippen molar-refractivity contribution in [3.63, 3.8) is 0 Å². The zero-order valence-corrected chi connectivity index (χ0v) is 26.9. The lowest BCUT2D eigenvalue weighted by atomic mass is 9.97. The van der Waals surface area contributed by atoms with Crippen LogP contribution >= 0.6 is 11.3 Å². The minimum atomic E-state index is -0.0530. The molecule has 232 valence electrons. The third-order valence-corrected chi connectivity index (χ3v) is 9.01. The number of carbonyl (C=O) groups excluding carboxylic acids is 1. The maximum atomic E-state index is 13.1. The number of carbonyl (C=O) groups is 1. The molecule has 1 aliphatic rings. The molecule has 4 heterocycles. The minimum Gasteiger partial charge on any atom is -0.378 e. The van der Waals surface area contributed by atoms with Gasteiger partial charge in [-0.05, 0) is 79.9 Å². The molecular formula is C36H35N7O2S. The van der Waals surface area contributed by atoms with Crippen LogP contribution in [0.1, 0.15) is 22.3 Å². The Morgan fingerprint density at radius 3 is 2.50 bits per heavy atom. The van der Waals surface area contributed by atoms with Crippen LogP contribution in [0.5, 0.6) is 0 Å². The van der Waals surface area contributed by atoms with Crippen LogP contribution in [0.15, 0.2) is 84.5 Å². The Kier molecular flexibility index (Phi) is 8.21. The summed E-state index contributed by atoms with van der Waals surface area (Å²) in [4.78, 5) is 30.7. The van der Waals surface area contributed by atoms with Gasteiger partial charge in [0.2, 0.25) is 11.9 Å². The standard InChI is InChI=1S/C36H35N7O2S/c1-23-19-24(2)30(25(3)20-23)22-32(44)38-28-6-4-5-26(21-28)33-34(43-15-18-46-36(43)41-33)31-11-12-37-35(40-31)39-27-7-9-29(10-8-27)42-13-16-45-17-14-42/h4-12,15,18-21H,13-14,16-17,22H2,1-3H3,(H,38,44)(H,37,39,40). The van der Waals surface area contributed by atoms with E-state index in [9.17, 15) is 4.79 Å². The number of aryl methyl sites for hydroxylation is 3. The summed E-state index contributed by atoms with van der Waals surface area (Å²) in [6.07, 6.45) is 4.08. The summed E-state index contributed by atoms with van der Waals surface area (Å²) in [6.45, 7) is 9.49. The van der Waals surface area contributed by atoms with Gasteiger partial charge in [-0.15, -0.1) is 11.3 Å². The predicted octanol–water partition coefficient (Wildman–Crippen LogP) is 7.21. The second-order valence-corrected chi connectivity index (χ2v) is 12.5. The molecule has 0 saturated carbocycles. The lowest BCUT2D eigenvalue weighted by molar-refractivity contribution is -0.115. The number of nitrogens with one attached hydrogen (secondary N) is 2. The lowest BCUT2D eigenvalue weighted by Crippen LogP contribution is -2.36. The maximum absolute atomic E-state index is 13.1. The zero-order chi connectivity index (χ0) is 31.6. The number of aromatic nitrogens is 4. The summed E-state index contributed by atoms with van der Waals surface area (Å²) in [6, 6.07) is 22.3. The summed E-state index contributed by atoms with van der Waals surface area (Å²) in [5.74, 6) is 0.443. The van der Waals surface area contributed by atoms with E-state index in [-0.39, 0.29) is 5.91 Å². The van der Waals surface area contributed by atoms with Gasteiger partial charge in [0.15, 0.2) is 4.96 Å². The van der Waals surface area contributed by atoms with E-state index in [0.29, 0.717) is 12.4 Å². The summed E-state index contributed by atoms with van der Waals surface area (Å²) in [7, 11) is 0. The summed E-state index contributed by atoms with van der Waals surface area (Å²) >= 11 is 1.56. The average Bonchev–Trinajstić information content (AvgIpc) is 3.66. The van der Waals surface area contributed by atoms with E-state index in [2.05, 4.69) is 70.0 Å². The van der Waals surface area contributed by atoms with E-state index in [4.69, 9.17) is 14.7 Å². The Labute approximate surface area is 271 Å². The van der Waals surface area contributed by atoms with Gasteiger partial charge in [0.1, 0.15) is 5.69 Å². The van der Waals surface area contributed by atoms with Gasteiger partial charge in [-0.3, -0.25) is 9.20 Å². The fourth-order valence-electron chi connectivity index (χ4n) is 6.09. The molecular weight excluding hydrogens is 595 g/mol. The van der Waals surface area contributed by atoms with Gasteiger partial charge in [0.05, 0.1) is 31.0 Å². The van der Waals surface area contributed by atoms with Crippen LogP contribution in [0.25, 0.3) is 27.6 Å². The van der Waals surface area contributed by atoms with E-state index < -0.39 is 0 Å². The van der Waals surface area contributed by atoms with Crippen molar-refractivity contribution in [1.82, 2.24) is 19.4 Å². The Morgan fingerprint density at radius 2 is 1.72 bits per heavy atom. The number of thiazole rings is 1. The second-order valence-electron chi connectivity index (χ2n) is 11.6. The number of nitrogens with zero attached hydrogens (tertiary/aromatic N) is 5. The first kappa shape index (κ1) is 29.6. The average molecular weight is 630 g/mol. The molecule has 0 spiro atoms. The van der Waals surface area contributed by atoms with Crippen molar-refractivity contribution in [3.8, 4) is 22.6 Å². The van der Waals surface area contributed by atoms with Gasteiger partial charge in [0.25, 0.3) is 0 Å². The van der Waals surface area contributed by atoms with Crippen LogP contribution in [0.2, 0.25) is 0 Å². The molecule has 0 unspecified atom stereocenters. The third kappa shape index (κ3) is 6.22. The first-order valence-corrected chi connectivity index (χ1v) is 16.2. The largest absolute Gasteiger partial charge is 0.378 e. The van der Waals surface area contributed by atoms with Gasteiger partial charge >= 0.3 is 0 Å². The van der Waals surface area contributed by atoms with Crippen LogP contribution in [0.4, 0.5) is 23.0 Å². The Balaban J connectivity index is 1.14. The molecule has 9 nitrogen and oxygen atoms in total. The predicted molar refractivity (Wildman–Crippen MR) is 185 cm³/mol. The fourth-order valence-corrected chi connectivity index (χ4v) is 6.80. The minimum absolute atomic E-state index is 0.0530. The van der Waals surface area contributed by atoms with Crippen molar-refractivity contribution in [1.29, 1.82) is 0 Å². The molecule has 0 radical (unpaired) electrons. The molecule has 3 aromatic heterocycles. The van der Waals surface area contributed by atoms with Crippen LogP contribution in [-0.4, -0.2) is 51.6 Å². The molecule has 46 heavy (non-hydrogen) atoms. The number of anilines is 4. The number of benzene rings is 3. The Bertz CT molecular complexity index is 2000. The summed E-state index contributed by atoms with van der Waals surface area (Å²) < 4.78 is 7.54. The molecule has 6 aromatic rings. The van der Waals surface area contributed by atoms with Gasteiger partial charge in [0, 0.05) is 53.5 Å². The zero-order valence-electron chi connectivity index (χ0n) is 26.1. The van der Waals surface area contributed by atoms with Gasteiger partial charge in [-0.25, -0.2) is 15.0 Å². The third-order valence-electron chi connectivity index (χ3n) is 8.26. The monoisotopic (exact) mass is 629 g/mol. The van der Waals surface area contributed by atoms with Crippen molar-refractivity contribution in [2.24, 2.45) is 0 Å². The molecule has 10 heteroatoms. The van der Waals surface area contributed by atoms with E-state index in [0.717, 1.165) is 82.0 Å². The number of morpholine rings is 1. The highest BCUT2D eigenvalue weighted by molar-refractivity contribution is 7.15. The second kappa shape index (κ2) is 12.7. The number of ether oxygens (including phenoxy) is 1. The SMILES string of the molecule is Cc1cc(C)c(CC(=O)Nc2cccc(-c3nc4sccn4c3-c3ccnc(Nc4ccc(N5CCOCC5)cc4)n3)c2)c(C)c1. The molecule has 3 aromatic carbocycles. The number of rotatable bonds is 8. The molecule has 2 N–H and O–H groups in total. The Morgan fingerprint density at radius 1 is 0.935 bits per heavy atom. The first-order valence-electron chi connectivity index (χ1n) is 15.4. The number of amides is 1. The molecule has 0 bridgehead atoms.